The smallest absolute Gasteiger partial charge is 0.0595 e. The number of hydrogen-bond acceptors (Lipinski definition) is 1. The molecule has 0 aliphatic carbocycles. The van der Waals surface area contributed by atoms with Gasteiger partial charge in [0, 0.05) is 23.0 Å². The summed E-state index contributed by atoms with van der Waals surface area (Å²) in [4.78, 5) is 4.02. The minimum atomic E-state index is 0.627. The molecule has 0 atom stereocenters. The van der Waals surface area contributed by atoms with Crippen LogP contribution in [0.5, 0.6) is 0 Å². The number of rotatable bonds is 1. The first-order valence-corrected chi connectivity index (χ1v) is 4.88. The first-order valence-electron chi connectivity index (χ1n) is 4.12. The zero-order chi connectivity index (χ0) is 9.97. The molecule has 0 unspecified atom stereocenters. The highest BCUT2D eigenvalue weighted by Crippen LogP contribution is 2.23. The Hall–Kier alpha value is -1.05. The van der Waals surface area contributed by atoms with E-state index in [4.69, 9.17) is 23.2 Å². The van der Waals surface area contributed by atoms with Crippen LogP contribution in [0.25, 0.3) is 11.1 Å². The summed E-state index contributed by atoms with van der Waals surface area (Å²) in [6.45, 7) is 0. The lowest BCUT2D eigenvalue weighted by Crippen LogP contribution is -1.79. The Morgan fingerprint density at radius 2 is 1.64 bits per heavy atom. The number of halogens is 2. The molecule has 0 saturated heterocycles. The molecular weight excluding hydrogens is 217 g/mol. The van der Waals surface area contributed by atoms with Crippen LogP contribution in [0.2, 0.25) is 10.0 Å². The van der Waals surface area contributed by atoms with Crippen molar-refractivity contribution < 1.29 is 0 Å². The van der Waals surface area contributed by atoms with E-state index in [0.29, 0.717) is 10.0 Å². The molecule has 1 aromatic carbocycles. The minimum absolute atomic E-state index is 0.627. The summed E-state index contributed by atoms with van der Waals surface area (Å²) in [6, 6.07) is 9.45. The maximum atomic E-state index is 5.88. The fourth-order valence-electron chi connectivity index (χ4n) is 1.24. The summed E-state index contributed by atoms with van der Waals surface area (Å²) in [5.74, 6) is 0. The predicted octanol–water partition coefficient (Wildman–Crippen LogP) is 4.06. The van der Waals surface area contributed by atoms with Crippen LogP contribution in [0, 0.1) is 0 Å². The molecule has 70 valence electrons. The third-order valence-corrected chi connectivity index (χ3v) is 2.30. The van der Waals surface area contributed by atoms with Crippen molar-refractivity contribution in [3.05, 3.63) is 52.8 Å². The van der Waals surface area contributed by atoms with Gasteiger partial charge in [-0.3, -0.25) is 4.98 Å². The zero-order valence-corrected chi connectivity index (χ0v) is 8.76. The second-order valence-electron chi connectivity index (χ2n) is 2.90. The summed E-state index contributed by atoms with van der Waals surface area (Å²) in [7, 11) is 0. The summed E-state index contributed by atoms with van der Waals surface area (Å²) in [5.41, 5.74) is 1.99. The Labute approximate surface area is 92.3 Å². The van der Waals surface area contributed by atoms with Crippen molar-refractivity contribution in [3.63, 3.8) is 0 Å². The maximum absolute atomic E-state index is 5.88. The molecule has 3 heteroatoms. The summed E-state index contributed by atoms with van der Waals surface area (Å²) < 4.78 is 0. The fraction of sp³-hybridized carbons (Fsp3) is 0. The molecule has 0 N–H and O–H groups in total. The average molecular weight is 224 g/mol. The Balaban J connectivity index is 2.49. The third kappa shape index (κ3) is 2.06. The molecule has 0 aliphatic heterocycles. The molecule has 0 amide bonds. The van der Waals surface area contributed by atoms with Gasteiger partial charge in [-0.05, 0) is 23.8 Å². The number of hydrogen-bond donors (Lipinski definition) is 0. The van der Waals surface area contributed by atoms with Crippen molar-refractivity contribution in [1.82, 2.24) is 4.98 Å². The van der Waals surface area contributed by atoms with Crippen LogP contribution in [0.3, 0.4) is 0 Å². The standard InChI is InChI=1S/C11H7Cl2N/c12-10-3-1-2-8(4-10)9-5-11(13)7-14-6-9/h1-7H. The van der Waals surface area contributed by atoms with Gasteiger partial charge in [0.05, 0.1) is 5.02 Å². The number of aromatic nitrogens is 1. The molecule has 14 heavy (non-hydrogen) atoms. The second-order valence-corrected chi connectivity index (χ2v) is 3.78. The predicted molar refractivity (Wildman–Crippen MR) is 59.7 cm³/mol. The highest BCUT2D eigenvalue weighted by molar-refractivity contribution is 6.31. The summed E-state index contributed by atoms with van der Waals surface area (Å²) in [6.07, 6.45) is 3.37. The molecule has 2 rings (SSSR count). The van der Waals surface area contributed by atoms with E-state index in [1.807, 2.05) is 30.3 Å². The fourth-order valence-corrected chi connectivity index (χ4v) is 1.60. The zero-order valence-electron chi connectivity index (χ0n) is 7.24. The number of pyridine rings is 1. The second kappa shape index (κ2) is 3.99. The first kappa shape index (κ1) is 9.50. The van der Waals surface area contributed by atoms with Crippen molar-refractivity contribution in [3.8, 4) is 11.1 Å². The Kier molecular flexibility index (Phi) is 2.71. The first-order chi connectivity index (χ1) is 6.75. The van der Waals surface area contributed by atoms with Crippen molar-refractivity contribution in [1.29, 1.82) is 0 Å². The quantitative estimate of drug-likeness (QED) is 0.711. The van der Waals surface area contributed by atoms with Gasteiger partial charge in [-0.1, -0.05) is 35.3 Å². The van der Waals surface area contributed by atoms with Gasteiger partial charge < -0.3 is 0 Å². The Bertz CT molecular complexity index is 411. The average Bonchev–Trinajstić information content (AvgIpc) is 2.18. The van der Waals surface area contributed by atoms with Crippen molar-refractivity contribution in [2.24, 2.45) is 0 Å². The van der Waals surface area contributed by atoms with Crippen LogP contribution in [-0.4, -0.2) is 4.98 Å². The SMILES string of the molecule is Clc1cccc(-c2cncc(Cl)c2)c1. The van der Waals surface area contributed by atoms with Crippen LogP contribution >= 0.6 is 23.2 Å². The number of nitrogens with zero attached hydrogens (tertiary/aromatic N) is 1. The molecule has 0 saturated carbocycles. The van der Waals surface area contributed by atoms with Gasteiger partial charge in [-0.25, -0.2) is 0 Å². The summed E-state index contributed by atoms with van der Waals surface area (Å²) in [5, 5.41) is 1.34. The van der Waals surface area contributed by atoms with Crippen LogP contribution in [-0.2, 0) is 0 Å². The monoisotopic (exact) mass is 223 g/mol. The van der Waals surface area contributed by atoms with Gasteiger partial charge in [-0.15, -0.1) is 0 Å². The molecule has 0 spiro atoms. The van der Waals surface area contributed by atoms with Gasteiger partial charge in [-0.2, -0.15) is 0 Å². The van der Waals surface area contributed by atoms with Crippen molar-refractivity contribution in [2.45, 2.75) is 0 Å². The molecular formula is C11H7Cl2N. The van der Waals surface area contributed by atoms with Gasteiger partial charge in [0.1, 0.15) is 0 Å². The van der Waals surface area contributed by atoms with E-state index in [1.165, 1.54) is 0 Å². The highest BCUT2D eigenvalue weighted by atomic mass is 35.5. The molecule has 0 fully saturated rings. The lowest BCUT2D eigenvalue weighted by atomic mass is 10.1. The molecule has 1 nitrogen and oxygen atoms in total. The Morgan fingerprint density at radius 1 is 0.857 bits per heavy atom. The lowest BCUT2D eigenvalue weighted by molar-refractivity contribution is 1.33. The highest BCUT2D eigenvalue weighted by Gasteiger charge is 1.99. The van der Waals surface area contributed by atoms with Gasteiger partial charge in [0.25, 0.3) is 0 Å². The number of benzene rings is 1. The molecule has 1 aromatic heterocycles. The topological polar surface area (TPSA) is 12.9 Å². The Morgan fingerprint density at radius 3 is 2.36 bits per heavy atom. The van der Waals surface area contributed by atoms with Gasteiger partial charge in [0.15, 0.2) is 0 Å². The van der Waals surface area contributed by atoms with Crippen LogP contribution < -0.4 is 0 Å². The van der Waals surface area contributed by atoms with Crippen LogP contribution in [0.4, 0.5) is 0 Å². The van der Waals surface area contributed by atoms with E-state index in [9.17, 15) is 0 Å². The van der Waals surface area contributed by atoms with E-state index < -0.39 is 0 Å². The van der Waals surface area contributed by atoms with Gasteiger partial charge >= 0.3 is 0 Å². The molecule has 0 radical (unpaired) electrons. The van der Waals surface area contributed by atoms with Crippen LogP contribution in [0.1, 0.15) is 0 Å². The normalized spacial score (nSPS) is 10.1. The largest absolute Gasteiger partial charge is 0.263 e. The molecule has 1 heterocycles. The van der Waals surface area contributed by atoms with Crippen molar-refractivity contribution >= 4 is 23.2 Å². The van der Waals surface area contributed by atoms with E-state index in [0.717, 1.165) is 11.1 Å². The minimum Gasteiger partial charge on any atom is -0.263 e. The summed E-state index contributed by atoms with van der Waals surface area (Å²) >= 11 is 11.7. The molecule has 2 aromatic rings. The third-order valence-electron chi connectivity index (χ3n) is 1.86. The maximum Gasteiger partial charge on any atom is 0.0595 e. The van der Waals surface area contributed by atoms with E-state index in [1.54, 1.807) is 12.4 Å². The molecule has 0 aliphatic rings. The van der Waals surface area contributed by atoms with E-state index in [2.05, 4.69) is 4.98 Å². The van der Waals surface area contributed by atoms with E-state index in [-0.39, 0.29) is 0 Å². The molecule has 0 bridgehead atoms. The van der Waals surface area contributed by atoms with E-state index >= 15 is 0 Å². The van der Waals surface area contributed by atoms with Gasteiger partial charge in [0.2, 0.25) is 0 Å². The van der Waals surface area contributed by atoms with Crippen molar-refractivity contribution in [2.75, 3.05) is 0 Å². The van der Waals surface area contributed by atoms with Crippen LogP contribution in [0.15, 0.2) is 42.7 Å². The lowest BCUT2D eigenvalue weighted by Gasteiger charge is -2.01.